The Balaban J connectivity index is 2.19. The summed E-state index contributed by atoms with van der Waals surface area (Å²) in [4.78, 5) is 0. The average Bonchev–Trinajstić information content (AvgIpc) is 2.54. The van der Waals surface area contributed by atoms with Gasteiger partial charge in [0.05, 0.1) is 6.61 Å². The van der Waals surface area contributed by atoms with Gasteiger partial charge in [-0.1, -0.05) is 25.8 Å². The van der Waals surface area contributed by atoms with Crippen molar-refractivity contribution in [3.63, 3.8) is 0 Å². The van der Waals surface area contributed by atoms with Crippen LogP contribution in [0.1, 0.15) is 39.5 Å². The highest BCUT2D eigenvalue weighted by Gasteiger charge is 2.19. The Hall–Kier alpha value is -0.340. The van der Waals surface area contributed by atoms with Crippen LogP contribution in [0.2, 0.25) is 0 Å². The lowest BCUT2D eigenvalue weighted by atomic mass is 10.1. The summed E-state index contributed by atoms with van der Waals surface area (Å²) in [6.45, 7) is 5.73. The Morgan fingerprint density at radius 3 is 3.08 bits per heavy atom. The molecule has 1 unspecified atom stereocenters. The molecule has 1 aliphatic heterocycles. The number of allylic oxidation sites excluding steroid dienone is 1. The SMILES string of the molecule is CCCC/C=C1/COC(OCC)C1. The summed E-state index contributed by atoms with van der Waals surface area (Å²) in [6, 6.07) is 0. The molecular formula is C11H20O2. The van der Waals surface area contributed by atoms with Crippen molar-refractivity contribution in [2.75, 3.05) is 13.2 Å². The van der Waals surface area contributed by atoms with Crippen molar-refractivity contribution < 1.29 is 9.47 Å². The van der Waals surface area contributed by atoms with E-state index >= 15 is 0 Å². The maximum Gasteiger partial charge on any atom is 0.161 e. The minimum absolute atomic E-state index is 0.0258. The van der Waals surface area contributed by atoms with Gasteiger partial charge in [-0.05, 0) is 18.9 Å². The maximum atomic E-state index is 5.45. The molecule has 1 saturated heterocycles. The second-order valence-corrected chi connectivity index (χ2v) is 3.40. The summed E-state index contributed by atoms with van der Waals surface area (Å²) < 4.78 is 10.8. The second kappa shape index (κ2) is 6.17. The van der Waals surface area contributed by atoms with Gasteiger partial charge in [-0.15, -0.1) is 0 Å². The second-order valence-electron chi connectivity index (χ2n) is 3.40. The Kier molecular flexibility index (Phi) is 5.09. The molecule has 2 nitrogen and oxygen atoms in total. The van der Waals surface area contributed by atoms with Crippen molar-refractivity contribution in [3.05, 3.63) is 11.6 Å². The summed E-state index contributed by atoms with van der Waals surface area (Å²) in [7, 11) is 0. The first kappa shape index (κ1) is 10.7. The molecule has 1 rings (SSSR count). The smallest absolute Gasteiger partial charge is 0.161 e. The predicted molar refractivity (Wildman–Crippen MR) is 53.6 cm³/mol. The van der Waals surface area contributed by atoms with Gasteiger partial charge in [-0.3, -0.25) is 0 Å². The third kappa shape index (κ3) is 3.92. The van der Waals surface area contributed by atoms with Gasteiger partial charge in [0.25, 0.3) is 0 Å². The van der Waals surface area contributed by atoms with E-state index in [1.807, 2.05) is 6.92 Å². The maximum absolute atomic E-state index is 5.45. The zero-order valence-electron chi connectivity index (χ0n) is 8.71. The molecule has 1 aliphatic rings. The molecule has 1 heterocycles. The fraction of sp³-hybridized carbons (Fsp3) is 0.818. The number of hydrogen-bond acceptors (Lipinski definition) is 2. The summed E-state index contributed by atoms with van der Waals surface area (Å²) in [6.07, 6.45) is 7.04. The first-order valence-electron chi connectivity index (χ1n) is 5.28. The van der Waals surface area contributed by atoms with E-state index in [4.69, 9.17) is 9.47 Å². The molecule has 0 amide bonds. The van der Waals surface area contributed by atoms with E-state index in [1.165, 1.54) is 24.8 Å². The molecule has 0 N–H and O–H groups in total. The van der Waals surface area contributed by atoms with Crippen LogP contribution in [0, 0.1) is 0 Å². The molecule has 0 radical (unpaired) electrons. The molecule has 2 heteroatoms. The molecule has 0 bridgehead atoms. The van der Waals surface area contributed by atoms with Gasteiger partial charge in [0, 0.05) is 13.0 Å². The quantitative estimate of drug-likeness (QED) is 0.483. The van der Waals surface area contributed by atoms with Crippen LogP contribution in [-0.2, 0) is 9.47 Å². The van der Waals surface area contributed by atoms with Gasteiger partial charge < -0.3 is 9.47 Å². The van der Waals surface area contributed by atoms with E-state index in [0.717, 1.165) is 19.6 Å². The summed E-state index contributed by atoms with van der Waals surface area (Å²) in [5.74, 6) is 0. The largest absolute Gasteiger partial charge is 0.353 e. The third-order valence-corrected chi connectivity index (χ3v) is 2.23. The Bertz CT molecular complexity index is 163. The van der Waals surface area contributed by atoms with Crippen molar-refractivity contribution in [2.45, 2.75) is 45.8 Å². The topological polar surface area (TPSA) is 18.5 Å². The highest BCUT2D eigenvalue weighted by atomic mass is 16.7. The molecule has 13 heavy (non-hydrogen) atoms. The van der Waals surface area contributed by atoms with Gasteiger partial charge >= 0.3 is 0 Å². The van der Waals surface area contributed by atoms with E-state index < -0.39 is 0 Å². The zero-order chi connectivity index (χ0) is 9.52. The number of ether oxygens (including phenoxy) is 2. The van der Waals surface area contributed by atoms with Crippen molar-refractivity contribution in [2.24, 2.45) is 0 Å². The Morgan fingerprint density at radius 2 is 2.38 bits per heavy atom. The van der Waals surface area contributed by atoms with Crippen LogP contribution in [0.4, 0.5) is 0 Å². The van der Waals surface area contributed by atoms with Gasteiger partial charge in [0.2, 0.25) is 0 Å². The van der Waals surface area contributed by atoms with Crippen LogP contribution < -0.4 is 0 Å². The molecule has 0 spiro atoms. The van der Waals surface area contributed by atoms with Gasteiger partial charge in [0.15, 0.2) is 6.29 Å². The monoisotopic (exact) mass is 184 g/mol. The minimum Gasteiger partial charge on any atom is -0.353 e. The fourth-order valence-corrected chi connectivity index (χ4v) is 1.48. The molecule has 76 valence electrons. The van der Waals surface area contributed by atoms with Crippen LogP contribution in [0.3, 0.4) is 0 Å². The van der Waals surface area contributed by atoms with Crippen LogP contribution in [0.5, 0.6) is 0 Å². The first-order valence-corrected chi connectivity index (χ1v) is 5.28. The Morgan fingerprint density at radius 1 is 1.54 bits per heavy atom. The molecule has 1 fully saturated rings. The van der Waals surface area contributed by atoms with Crippen molar-refractivity contribution in [1.29, 1.82) is 0 Å². The summed E-state index contributed by atoms with van der Waals surface area (Å²) in [5, 5.41) is 0. The molecule has 0 aromatic carbocycles. The lowest BCUT2D eigenvalue weighted by Gasteiger charge is -2.06. The van der Waals surface area contributed by atoms with Crippen LogP contribution in [0.25, 0.3) is 0 Å². The van der Waals surface area contributed by atoms with Crippen molar-refractivity contribution >= 4 is 0 Å². The van der Waals surface area contributed by atoms with Crippen molar-refractivity contribution in [1.82, 2.24) is 0 Å². The van der Waals surface area contributed by atoms with Crippen molar-refractivity contribution in [3.8, 4) is 0 Å². The lowest BCUT2D eigenvalue weighted by Crippen LogP contribution is -2.09. The van der Waals surface area contributed by atoms with E-state index in [-0.39, 0.29) is 6.29 Å². The van der Waals surface area contributed by atoms with Gasteiger partial charge in [0.1, 0.15) is 0 Å². The minimum atomic E-state index is 0.0258. The van der Waals surface area contributed by atoms with E-state index in [2.05, 4.69) is 13.0 Å². The van der Waals surface area contributed by atoms with Gasteiger partial charge in [-0.25, -0.2) is 0 Å². The highest BCUT2D eigenvalue weighted by molar-refractivity contribution is 5.06. The van der Waals surface area contributed by atoms with E-state index in [0.29, 0.717) is 0 Å². The summed E-state index contributed by atoms with van der Waals surface area (Å²) >= 11 is 0. The van der Waals surface area contributed by atoms with Crippen LogP contribution in [-0.4, -0.2) is 19.5 Å². The number of unbranched alkanes of at least 4 members (excludes halogenated alkanes) is 2. The molecule has 0 aromatic rings. The fourth-order valence-electron chi connectivity index (χ4n) is 1.48. The van der Waals surface area contributed by atoms with E-state index in [1.54, 1.807) is 0 Å². The first-order chi connectivity index (χ1) is 6.36. The highest BCUT2D eigenvalue weighted by Crippen LogP contribution is 2.20. The third-order valence-electron chi connectivity index (χ3n) is 2.23. The molecule has 0 aromatic heterocycles. The number of hydrogen-bond donors (Lipinski definition) is 0. The Labute approximate surface area is 80.9 Å². The molecule has 0 aliphatic carbocycles. The molecule has 1 atom stereocenters. The normalized spacial score (nSPS) is 25.7. The van der Waals surface area contributed by atoms with E-state index in [9.17, 15) is 0 Å². The van der Waals surface area contributed by atoms with Crippen LogP contribution >= 0.6 is 0 Å². The van der Waals surface area contributed by atoms with Gasteiger partial charge in [-0.2, -0.15) is 0 Å². The molecule has 0 saturated carbocycles. The number of rotatable bonds is 5. The standard InChI is InChI=1S/C11H20O2/c1-3-5-6-7-10-8-11(12-4-2)13-9-10/h7,11H,3-6,8-9H2,1-2H3/b10-7+. The predicted octanol–water partition coefficient (Wildman–Crippen LogP) is 2.89. The van der Waals surface area contributed by atoms with Crippen LogP contribution in [0.15, 0.2) is 11.6 Å². The zero-order valence-corrected chi connectivity index (χ0v) is 8.71. The molecular weight excluding hydrogens is 164 g/mol. The average molecular weight is 184 g/mol. The summed E-state index contributed by atoms with van der Waals surface area (Å²) in [5.41, 5.74) is 1.41. The lowest BCUT2D eigenvalue weighted by molar-refractivity contribution is -0.106.